The van der Waals surface area contributed by atoms with Gasteiger partial charge in [-0.25, -0.2) is 0 Å². The molecule has 0 heterocycles. The van der Waals surface area contributed by atoms with Crippen LogP contribution in [0.5, 0.6) is 17.2 Å². The highest BCUT2D eigenvalue weighted by molar-refractivity contribution is 5.84. The predicted octanol–water partition coefficient (Wildman–Crippen LogP) is 4.40. The van der Waals surface area contributed by atoms with Crippen molar-refractivity contribution < 1.29 is 19.0 Å². The highest BCUT2D eigenvalue weighted by Crippen LogP contribution is 2.31. The summed E-state index contributed by atoms with van der Waals surface area (Å²) in [5, 5.41) is 2.16. The fourth-order valence-corrected chi connectivity index (χ4v) is 2.80. The quantitative estimate of drug-likeness (QED) is 0.494. The molecule has 0 aromatic heterocycles. The fraction of sp³-hybridized carbons (Fsp3) is 0.190. The maximum atomic E-state index is 12.2. The van der Waals surface area contributed by atoms with Gasteiger partial charge in [-0.05, 0) is 41.0 Å². The molecule has 4 heteroatoms. The van der Waals surface area contributed by atoms with Crippen molar-refractivity contribution in [1.82, 2.24) is 0 Å². The lowest BCUT2D eigenvalue weighted by Gasteiger charge is -2.12. The molecule has 0 atom stereocenters. The Hall–Kier alpha value is -3.01. The zero-order valence-corrected chi connectivity index (χ0v) is 14.3. The zero-order valence-electron chi connectivity index (χ0n) is 14.3. The van der Waals surface area contributed by atoms with Crippen LogP contribution in [0.25, 0.3) is 10.8 Å². The Balaban J connectivity index is 1.66. The third kappa shape index (κ3) is 3.91. The molecule has 0 saturated carbocycles. The van der Waals surface area contributed by atoms with Crippen molar-refractivity contribution in [2.75, 3.05) is 14.2 Å². The minimum Gasteiger partial charge on any atom is -0.493 e. The van der Waals surface area contributed by atoms with E-state index in [1.165, 1.54) is 0 Å². The molecule has 0 spiro atoms. The van der Waals surface area contributed by atoms with Crippen molar-refractivity contribution in [3.05, 3.63) is 66.2 Å². The molecule has 0 bridgehead atoms. The number of aryl methyl sites for hydroxylation is 1. The summed E-state index contributed by atoms with van der Waals surface area (Å²) in [6, 6.07) is 19.2. The van der Waals surface area contributed by atoms with E-state index in [2.05, 4.69) is 0 Å². The molecule has 0 radical (unpaired) electrons. The van der Waals surface area contributed by atoms with E-state index >= 15 is 0 Å². The maximum absolute atomic E-state index is 12.2. The Bertz CT molecular complexity index is 886. The first kappa shape index (κ1) is 16.8. The third-order valence-electron chi connectivity index (χ3n) is 4.04. The standard InChI is InChI=1S/C21H20O4/c1-23-19-9-5-8-16(21(19)24-2)11-13-20(22)25-18-12-10-15-6-3-4-7-17(15)14-18/h3-10,12,14H,11,13H2,1-2H3. The lowest BCUT2D eigenvalue weighted by Crippen LogP contribution is -2.09. The van der Waals surface area contributed by atoms with Crippen molar-refractivity contribution >= 4 is 16.7 Å². The van der Waals surface area contributed by atoms with Gasteiger partial charge in [0.25, 0.3) is 0 Å². The Morgan fingerprint density at radius 3 is 2.44 bits per heavy atom. The summed E-state index contributed by atoms with van der Waals surface area (Å²) in [4.78, 5) is 12.2. The van der Waals surface area contributed by atoms with Gasteiger partial charge in [0, 0.05) is 0 Å². The molecule has 0 saturated heterocycles. The summed E-state index contributed by atoms with van der Waals surface area (Å²) < 4.78 is 16.1. The van der Waals surface area contributed by atoms with Crippen LogP contribution in [-0.4, -0.2) is 20.2 Å². The van der Waals surface area contributed by atoms with Gasteiger partial charge in [0.1, 0.15) is 5.75 Å². The average Bonchev–Trinajstić information content (AvgIpc) is 2.65. The molecule has 0 aliphatic heterocycles. The first-order valence-corrected chi connectivity index (χ1v) is 8.10. The molecular formula is C21H20O4. The van der Waals surface area contributed by atoms with E-state index in [9.17, 15) is 4.79 Å². The van der Waals surface area contributed by atoms with Crippen LogP contribution >= 0.6 is 0 Å². The van der Waals surface area contributed by atoms with E-state index in [-0.39, 0.29) is 12.4 Å². The highest BCUT2D eigenvalue weighted by atomic mass is 16.5. The van der Waals surface area contributed by atoms with Crippen molar-refractivity contribution in [3.8, 4) is 17.2 Å². The molecule has 0 aliphatic rings. The van der Waals surface area contributed by atoms with E-state index in [4.69, 9.17) is 14.2 Å². The summed E-state index contributed by atoms with van der Waals surface area (Å²) >= 11 is 0. The number of esters is 1. The second-order valence-electron chi connectivity index (χ2n) is 5.64. The number of benzene rings is 3. The molecule has 3 aromatic rings. The third-order valence-corrected chi connectivity index (χ3v) is 4.04. The van der Waals surface area contributed by atoms with E-state index in [0.29, 0.717) is 23.7 Å². The molecule has 4 nitrogen and oxygen atoms in total. The maximum Gasteiger partial charge on any atom is 0.311 e. The van der Waals surface area contributed by atoms with Gasteiger partial charge in [-0.15, -0.1) is 0 Å². The number of carbonyl (C=O) groups is 1. The minimum absolute atomic E-state index is 0.260. The van der Waals surface area contributed by atoms with Crippen molar-refractivity contribution in [1.29, 1.82) is 0 Å². The number of hydrogen-bond acceptors (Lipinski definition) is 4. The van der Waals surface area contributed by atoms with E-state index in [1.807, 2.05) is 60.7 Å². The Labute approximate surface area is 146 Å². The van der Waals surface area contributed by atoms with Crippen molar-refractivity contribution in [2.45, 2.75) is 12.8 Å². The number of para-hydroxylation sites is 1. The predicted molar refractivity (Wildman–Crippen MR) is 97.5 cm³/mol. The van der Waals surface area contributed by atoms with Crippen LogP contribution in [0.3, 0.4) is 0 Å². The van der Waals surface area contributed by atoms with Crippen LogP contribution in [0.4, 0.5) is 0 Å². The largest absolute Gasteiger partial charge is 0.493 e. The minimum atomic E-state index is -0.278. The van der Waals surface area contributed by atoms with E-state index in [1.54, 1.807) is 14.2 Å². The Morgan fingerprint density at radius 1 is 0.880 bits per heavy atom. The number of fused-ring (bicyclic) bond motifs is 1. The molecule has 25 heavy (non-hydrogen) atoms. The number of methoxy groups -OCH3 is 2. The number of hydrogen-bond donors (Lipinski definition) is 0. The van der Waals surface area contributed by atoms with Gasteiger partial charge in [-0.3, -0.25) is 4.79 Å². The smallest absolute Gasteiger partial charge is 0.311 e. The lowest BCUT2D eigenvalue weighted by molar-refractivity contribution is -0.134. The SMILES string of the molecule is COc1cccc(CCC(=O)Oc2ccc3ccccc3c2)c1OC. The fourth-order valence-electron chi connectivity index (χ4n) is 2.80. The summed E-state index contributed by atoms with van der Waals surface area (Å²) in [5.41, 5.74) is 0.914. The van der Waals surface area contributed by atoms with Crippen LogP contribution < -0.4 is 14.2 Å². The normalized spacial score (nSPS) is 10.5. The average molecular weight is 336 g/mol. The Morgan fingerprint density at radius 2 is 1.68 bits per heavy atom. The molecule has 3 aromatic carbocycles. The molecule has 0 amide bonds. The van der Waals surface area contributed by atoms with Crippen LogP contribution in [0, 0.1) is 0 Å². The molecule has 3 rings (SSSR count). The first-order valence-electron chi connectivity index (χ1n) is 8.10. The number of rotatable bonds is 6. The van der Waals surface area contributed by atoms with Gasteiger partial charge in [-0.2, -0.15) is 0 Å². The number of carbonyl (C=O) groups excluding carboxylic acids is 1. The molecular weight excluding hydrogens is 316 g/mol. The van der Waals surface area contributed by atoms with E-state index in [0.717, 1.165) is 16.3 Å². The second-order valence-corrected chi connectivity index (χ2v) is 5.64. The highest BCUT2D eigenvalue weighted by Gasteiger charge is 2.12. The zero-order chi connectivity index (χ0) is 17.6. The Kier molecular flexibility index (Phi) is 5.19. The lowest BCUT2D eigenvalue weighted by atomic mass is 10.1. The van der Waals surface area contributed by atoms with Crippen LogP contribution in [0.1, 0.15) is 12.0 Å². The first-order chi connectivity index (χ1) is 12.2. The van der Waals surface area contributed by atoms with E-state index < -0.39 is 0 Å². The number of ether oxygens (including phenoxy) is 3. The van der Waals surface area contributed by atoms with Gasteiger partial charge in [0.05, 0.1) is 20.6 Å². The second kappa shape index (κ2) is 7.71. The van der Waals surface area contributed by atoms with Crippen LogP contribution in [0.15, 0.2) is 60.7 Å². The van der Waals surface area contributed by atoms with Crippen molar-refractivity contribution in [3.63, 3.8) is 0 Å². The van der Waals surface area contributed by atoms with Gasteiger partial charge in [-0.1, -0.05) is 42.5 Å². The summed E-state index contributed by atoms with van der Waals surface area (Å²) in [7, 11) is 3.18. The molecule has 0 unspecified atom stereocenters. The van der Waals surface area contributed by atoms with Gasteiger partial charge >= 0.3 is 5.97 Å². The summed E-state index contributed by atoms with van der Waals surface area (Å²) in [5.74, 6) is 1.59. The molecule has 128 valence electrons. The summed E-state index contributed by atoms with van der Waals surface area (Å²) in [6.45, 7) is 0. The van der Waals surface area contributed by atoms with Crippen LogP contribution in [0.2, 0.25) is 0 Å². The van der Waals surface area contributed by atoms with Gasteiger partial charge in [0.2, 0.25) is 0 Å². The summed E-state index contributed by atoms with van der Waals surface area (Å²) in [6.07, 6.45) is 0.781. The molecule has 0 fully saturated rings. The van der Waals surface area contributed by atoms with Crippen molar-refractivity contribution in [2.24, 2.45) is 0 Å². The molecule has 0 N–H and O–H groups in total. The molecule has 0 aliphatic carbocycles. The topological polar surface area (TPSA) is 44.8 Å². The monoisotopic (exact) mass is 336 g/mol. The van der Waals surface area contributed by atoms with Gasteiger partial charge in [0.15, 0.2) is 11.5 Å². The van der Waals surface area contributed by atoms with Gasteiger partial charge < -0.3 is 14.2 Å². The van der Waals surface area contributed by atoms with Crippen LogP contribution in [-0.2, 0) is 11.2 Å².